The first-order valence-corrected chi connectivity index (χ1v) is 8.71. The third kappa shape index (κ3) is 3.84. The Balaban J connectivity index is 1.52. The lowest BCUT2D eigenvalue weighted by molar-refractivity contribution is -0.262. The van der Waals surface area contributed by atoms with Crippen molar-refractivity contribution in [2.75, 3.05) is 13.2 Å². The van der Waals surface area contributed by atoms with Crippen LogP contribution in [0.1, 0.15) is 40.5 Å². The van der Waals surface area contributed by atoms with E-state index in [-0.39, 0.29) is 30.4 Å². The molecule has 0 aromatic heterocycles. The molecule has 0 radical (unpaired) electrons. The van der Waals surface area contributed by atoms with Crippen molar-refractivity contribution in [2.24, 2.45) is 0 Å². The molecule has 132 valence electrons. The lowest BCUT2D eigenvalue weighted by Crippen LogP contribution is -2.60. The number of rotatable bonds is 4. The number of hydrogen-bond acceptors (Lipinski definition) is 5. The SMILES string of the molecule is CC1(C)CC(OCC2COB(c3ccccc3)O2)CC(C)(C)N1O. The summed E-state index contributed by atoms with van der Waals surface area (Å²) >= 11 is 0. The fourth-order valence-electron chi connectivity index (χ4n) is 3.86. The normalized spacial score (nSPS) is 27.5. The van der Waals surface area contributed by atoms with Gasteiger partial charge in [-0.05, 0) is 46.0 Å². The van der Waals surface area contributed by atoms with Crippen LogP contribution in [0.4, 0.5) is 0 Å². The van der Waals surface area contributed by atoms with Gasteiger partial charge in [0.1, 0.15) is 0 Å². The number of hydrogen-bond donors (Lipinski definition) is 1. The highest BCUT2D eigenvalue weighted by Gasteiger charge is 2.45. The third-order valence-electron chi connectivity index (χ3n) is 4.94. The van der Waals surface area contributed by atoms with Gasteiger partial charge in [0.25, 0.3) is 0 Å². The predicted octanol–water partition coefficient (Wildman–Crippen LogP) is 2.22. The molecule has 1 aromatic rings. The van der Waals surface area contributed by atoms with Gasteiger partial charge in [0.15, 0.2) is 0 Å². The quantitative estimate of drug-likeness (QED) is 0.857. The Morgan fingerprint density at radius 3 is 2.42 bits per heavy atom. The van der Waals surface area contributed by atoms with Gasteiger partial charge >= 0.3 is 7.12 Å². The summed E-state index contributed by atoms with van der Waals surface area (Å²) in [6.07, 6.45) is 1.65. The van der Waals surface area contributed by atoms with Crippen molar-refractivity contribution in [3.63, 3.8) is 0 Å². The fourth-order valence-corrected chi connectivity index (χ4v) is 3.86. The van der Waals surface area contributed by atoms with E-state index in [1.165, 1.54) is 5.06 Å². The molecule has 1 N–H and O–H groups in total. The van der Waals surface area contributed by atoms with Crippen molar-refractivity contribution in [3.8, 4) is 0 Å². The van der Waals surface area contributed by atoms with Gasteiger partial charge in [-0.2, -0.15) is 5.06 Å². The minimum Gasteiger partial charge on any atom is -0.405 e. The van der Waals surface area contributed by atoms with Crippen LogP contribution in [0.5, 0.6) is 0 Å². The molecule has 6 heteroatoms. The van der Waals surface area contributed by atoms with Crippen molar-refractivity contribution >= 4 is 12.6 Å². The van der Waals surface area contributed by atoms with Crippen molar-refractivity contribution < 1.29 is 19.3 Å². The molecule has 1 atom stereocenters. The first kappa shape index (κ1) is 17.9. The van der Waals surface area contributed by atoms with Gasteiger partial charge in [0.2, 0.25) is 0 Å². The molecule has 0 saturated carbocycles. The summed E-state index contributed by atoms with van der Waals surface area (Å²) in [7, 11) is -0.299. The standard InChI is InChI=1S/C18H28BNO4/c1-17(2)10-15(11-18(3,4)20(17)21)22-12-16-13-23-19(24-16)14-8-6-5-7-9-14/h5-9,15-16,21H,10-13H2,1-4H3. The highest BCUT2D eigenvalue weighted by Crippen LogP contribution is 2.38. The van der Waals surface area contributed by atoms with Crippen LogP contribution in [-0.2, 0) is 14.0 Å². The zero-order valence-electron chi connectivity index (χ0n) is 15.1. The molecular formula is C18H28BNO4. The molecule has 0 amide bonds. The van der Waals surface area contributed by atoms with Crippen LogP contribution in [0.3, 0.4) is 0 Å². The van der Waals surface area contributed by atoms with Gasteiger partial charge in [-0.1, -0.05) is 30.3 Å². The Morgan fingerprint density at radius 1 is 1.17 bits per heavy atom. The predicted molar refractivity (Wildman–Crippen MR) is 93.4 cm³/mol. The first-order chi connectivity index (χ1) is 11.3. The molecule has 0 spiro atoms. The van der Waals surface area contributed by atoms with E-state index in [0.717, 1.165) is 18.3 Å². The van der Waals surface area contributed by atoms with Gasteiger partial charge in [0, 0.05) is 11.1 Å². The van der Waals surface area contributed by atoms with Gasteiger partial charge in [-0.25, -0.2) is 0 Å². The summed E-state index contributed by atoms with van der Waals surface area (Å²) in [5.41, 5.74) is 0.439. The molecule has 2 fully saturated rings. The maximum Gasteiger partial charge on any atom is 0.494 e. The van der Waals surface area contributed by atoms with Crippen molar-refractivity contribution in [2.45, 2.75) is 63.8 Å². The molecule has 2 aliphatic heterocycles. The molecule has 0 bridgehead atoms. The summed E-state index contributed by atoms with van der Waals surface area (Å²) in [5, 5.41) is 11.8. The van der Waals surface area contributed by atoms with Crippen LogP contribution >= 0.6 is 0 Å². The average molecular weight is 333 g/mol. The van der Waals surface area contributed by atoms with E-state index in [9.17, 15) is 5.21 Å². The Bertz CT molecular complexity index is 533. The maximum absolute atomic E-state index is 10.4. The number of benzene rings is 1. The van der Waals surface area contributed by atoms with Crippen LogP contribution in [0, 0.1) is 0 Å². The Labute approximate surface area is 145 Å². The number of ether oxygens (including phenoxy) is 1. The third-order valence-corrected chi connectivity index (χ3v) is 4.94. The van der Waals surface area contributed by atoms with E-state index in [4.69, 9.17) is 14.0 Å². The highest BCUT2D eigenvalue weighted by molar-refractivity contribution is 6.61. The first-order valence-electron chi connectivity index (χ1n) is 8.71. The largest absolute Gasteiger partial charge is 0.494 e. The second kappa shape index (κ2) is 6.77. The van der Waals surface area contributed by atoms with Gasteiger partial charge in [-0.15, -0.1) is 0 Å². The monoisotopic (exact) mass is 333 g/mol. The van der Waals surface area contributed by atoms with E-state index in [1.54, 1.807) is 0 Å². The second-order valence-electron chi connectivity index (χ2n) is 8.13. The van der Waals surface area contributed by atoms with Gasteiger partial charge in [0.05, 0.1) is 25.4 Å². The molecule has 2 aliphatic rings. The topological polar surface area (TPSA) is 51.2 Å². The summed E-state index contributed by atoms with van der Waals surface area (Å²) in [6.45, 7) is 9.25. The zero-order chi connectivity index (χ0) is 17.4. The Hall–Kier alpha value is -0.915. The Morgan fingerprint density at radius 2 is 1.79 bits per heavy atom. The van der Waals surface area contributed by atoms with E-state index in [1.807, 2.05) is 58.0 Å². The molecule has 1 aromatic carbocycles. The van der Waals surface area contributed by atoms with E-state index < -0.39 is 0 Å². The van der Waals surface area contributed by atoms with Crippen LogP contribution in [-0.4, -0.2) is 53.9 Å². The lowest BCUT2D eigenvalue weighted by atomic mass is 9.79. The fraction of sp³-hybridized carbons (Fsp3) is 0.667. The molecule has 2 saturated heterocycles. The molecule has 2 heterocycles. The van der Waals surface area contributed by atoms with Crippen LogP contribution < -0.4 is 5.46 Å². The lowest BCUT2D eigenvalue weighted by Gasteiger charge is -2.51. The maximum atomic E-state index is 10.4. The summed E-state index contributed by atoms with van der Waals surface area (Å²) in [5.74, 6) is 0. The minimum absolute atomic E-state index is 0.0476. The Kier molecular flexibility index (Phi) is 5.05. The summed E-state index contributed by atoms with van der Waals surface area (Å²) < 4.78 is 17.8. The molecule has 5 nitrogen and oxygen atoms in total. The number of hydroxylamine groups is 2. The van der Waals surface area contributed by atoms with E-state index in [0.29, 0.717) is 13.2 Å². The molecule has 24 heavy (non-hydrogen) atoms. The average Bonchev–Trinajstić information content (AvgIpc) is 3.00. The van der Waals surface area contributed by atoms with Crippen molar-refractivity contribution in [1.82, 2.24) is 5.06 Å². The molecule has 3 rings (SSSR count). The van der Waals surface area contributed by atoms with Gasteiger partial charge in [-0.3, -0.25) is 0 Å². The highest BCUT2D eigenvalue weighted by atomic mass is 16.7. The van der Waals surface area contributed by atoms with E-state index in [2.05, 4.69) is 0 Å². The van der Waals surface area contributed by atoms with Crippen LogP contribution in [0.2, 0.25) is 0 Å². The van der Waals surface area contributed by atoms with Crippen molar-refractivity contribution in [1.29, 1.82) is 0 Å². The van der Waals surface area contributed by atoms with Crippen molar-refractivity contribution in [3.05, 3.63) is 30.3 Å². The number of piperidine rings is 1. The zero-order valence-corrected chi connectivity index (χ0v) is 15.1. The van der Waals surface area contributed by atoms with Crippen LogP contribution in [0.15, 0.2) is 30.3 Å². The van der Waals surface area contributed by atoms with Gasteiger partial charge < -0.3 is 19.3 Å². The second-order valence-corrected chi connectivity index (χ2v) is 8.13. The molecular weight excluding hydrogens is 305 g/mol. The molecule has 0 aliphatic carbocycles. The van der Waals surface area contributed by atoms with Crippen LogP contribution in [0.25, 0.3) is 0 Å². The molecule has 1 unspecified atom stereocenters. The summed E-state index contributed by atoms with van der Waals surface area (Å²) in [4.78, 5) is 0. The number of nitrogens with zero attached hydrogens (tertiary/aromatic N) is 1. The van der Waals surface area contributed by atoms with E-state index >= 15 is 0 Å². The summed E-state index contributed by atoms with van der Waals surface area (Å²) in [6, 6.07) is 9.97. The smallest absolute Gasteiger partial charge is 0.405 e. The minimum atomic E-state index is -0.300.